The van der Waals surface area contributed by atoms with E-state index in [0.717, 1.165) is 35.1 Å². The van der Waals surface area contributed by atoms with Crippen LogP contribution in [0.1, 0.15) is 30.3 Å². The van der Waals surface area contributed by atoms with Gasteiger partial charge in [-0.25, -0.2) is 9.97 Å². The Kier molecular flexibility index (Phi) is 6.60. The first-order chi connectivity index (χ1) is 8.54. The number of nitrogens with one attached hydrogen (secondary N) is 1. The van der Waals surface area contributed by atoms with E-state index >= 15 is 0 Å². The molecule has 5 heteroatoms. The summed E-state index contributed by atoms with van der Waals surface area (Å²) in [5.41, 5.74) is 3.18. The van der Waals surface area contributed by atoms with E-state index in [1.54, 1.807) is 0 Å². The van der Waals surface area contributed by atoms with E-state index in [9.17, 15) is 5.11 Å². The molecule has 1 unspecified atom stereocenters. The highest BCUT2D eigenvalue weighted by molar-refractivity contribution is 7.99. The standard InChI is InChI=1S/C13H23N3OS/c1-5-6-14-7-12(17)8-18-13-15-10(3)9(2)11(4)16-13/h12,14,17H,5-8H2,1-4H3. The highest BCUT2D eigenvalue weighted by atomic mass is 32.2. The van der Waals surface area contributed by atoms with Crippen LogP contribution >= 0.6 is 11.8 Å². The minimum atomic E-state index is -0.355. The molecule has 0 aliphatic rings. The molecule has 102 valence electrons. The van der Waals surface area contributed by atoms with E-state index in [4.69, 9.17) is 0 Å². The Balaban J connectivity index is 2.43. The Morgan fingerprint density at radius 2 is 1.83 bits per heavy atom. The van der Waals surface area contributed by atoms with Gasteiger partial charge in [-0.1, -0.05) is 18.7 Å². The molecule has 0 bridgehead atoms. The molecule has 0 spiro atoms. The van der Waals surface area contributed by atoms with Crippen LogP contribution in [0.25, 0.3) is 0 Å². The van der Waals surface area contributed by atoms with Crippen LogP contribution in [0.5, 0.6) is 0 Å². The van der Waals surface area contributed by atoms with Crippen molar-refractivity contribution in [2.45, 2.75) is 45.4 Å². The maximum Gasteiger partial charge on any atom is 0.188 e. The number of aliphatic hydroxyl groups is 1. The summed E-state index contributed by atoms with van der Waals surface area (Å²) >= 11 is 1.51. The summed E-state index contributed by atoms with van der Waals surface area (Å²) in [5.74, 6) is 0.624. The lowest BCUT2D eigenvalue weighted by Crippen LogP contribution is -2.29. The predicted octanol–water partition coefficient (Wildman–Crippen LogP) is 1.85. The highest BCUT2D eigenvalue weighted by Crippen LogP contribution is 2.17. The van der Waals surface area contributed by atoms with Gasteiger partial charge in [0.25, 0.3) is 0 Å². The summed E-state index contributed by atoms with van der Waals surface area (Å²) in [7, 11) is 0. The smallest absolute Gasteiger partial charge is 0.188 e. The lowest BCUT2D eigenvalue weighted by atomic mass is 10.2. The number of aromatic nitrogens is 2. The fraction of sp³-hybridized carbons (Fsp3) is 0.692. The van der Waals surface area contributed by atoms with Gasteiger partial charge in [-0.05, 0) is 39.3 Å². The third-order valence-corrected chi connectivity index (χ3v) is 3.82. The largest absolute Gasteiger partial charge is 0.391 e. The first-order valence-electron chi connectivity index (χ1n) is 6.38. The Labute approximate surface area is 114 Å². The van der Waals surface area contributed by atoms with Crippen LogP contribution < -0.4 is 5.32 Å². The van der Waals surface area contributed by atoms with E-state index in [1.165, 1.54) is 11.8 Å². The number of aryl methyl sites for hydroxylation is 2. The second kappa shape index (κ2) is 7.71. The molecule has 0 saturated heterocycles. The van der Waals surface area contributed by atoms with Gasteiger partial charge in [0.15, 0.2) is 5.16 Å². The van der Waals surface area contributed by atoms with Crippen LogP contribution in [-0.2, 0) is 0 Å². The van der Waals surface area contributed by atoms with Gasteiger partial charge in [0, 0.05) is 23.7 Å². The molecule has 1 aromatic rings. The summed E-state index contributed by atoms with van der Waals surface area (Å²) in [4.78, 5) is 8.84. The van der Waals surface area contributed by atoms with Crippen molar-refractivity contribution in [3.05, 3.63) is 17.0 Å². The maximum absolute atomic E-state index is 9.79. The monoisotopic (exact) mass is 269 g/mol. The summed E-state index contributed by atoms with van der Waals surface area (Å²) in [6.07, 6.45) is 0.728. The molecule has 0 fully saturated rings. The molecule has 0 saturated carbocycles. The molecule has 0 radical (unpaired) electrons. The molecule has 18 heavy (non-hydrogen) atoms. The highest BCUT2D eigenvalue weighted by Gasteiger charge is 2.08. The molecule has 0 amide bonds. The van der Waals surface area contributed by atoms with Crippen LogP contribution in [0.4, 0.5) is 0 Å². The Hall–Kier alpha value is -0.650. The summed E-state index contributed by atoms with van der Waals surface area (Å²) in [6.45, 7) is 9.70. The van der Waals surface area contributed by atoms with Gasteiger partial charge in [0.2, 0.25) is 0 Å². The molecule has 1 aromatic heterocycles. The number of nitrogens with zero attached hydrogens (tertiary/aromatic N) is 2. The van der Waals surface area contributed by atoms with Crippen molar-refractivity contribution in [2.75, 3.05) is 18.8 Å². The fourth-order valence-corrected chi connectivity index (χ4v) is 2.34. The topological polar surface area (TPSA) is 58.0 Å². The quantitative estimate of drug-likeness (QED) is 0.449. The normalized spacial score (nSPS) is 12.7. The first kappa shape index (κ1) is 15.4. The predicted molar refractivity (Wildman–Crippen MR) is 76.1 cm³/mol. The van der Waals surface area contributed by atoms with Crippen LogP contribution in [0, 0.1) is 20.8 Å². The fourth-order valence-electron chi connectivity index (χ4n) is 1.48. The number of hydrogen-bond donors (Lipinski definition) is 2. The maximum atomic E-state index is 9.79. The van der Waals surface area contributed by atoms with Crippen molar-refractivity contribution in [1.29, 1.82) is 0 Å². The minimum Gasteiger partial charge on any atom is -0.391 e. The minimum absolute atomic E-state index is 0.355. The number of rotatable bonds is 7. The Morgan fingerprint density at radius 3 is 2.39 bits per heavy atom. The zero-order valence-corrected chi connectivity index (χ0v) is 12.5. The molecule has 0 aliphatic heterocycles. The van der Waals surface area contributed by atoms with Gasteiger partial charge in [-0.3, -0.25) is 0 Å². The first-order valence-corrected chi connectivity index (χ1v) is 7.36. The zero-order chi connectivity index (χ0) is 13.5. The molecule has 0 aromatic carbocycles. The number of aliphatic hydroxyl groups excluding tert-OH is 1. The molecule has 2 N–H and O–H groups in total. The molecule has 1 heterocycles. The van der Waals surface area contributed by atoms with Gasteiger partial charge in [-0.15, -0.1) is 0 Å². The second-order valence-corrected chi connectivity index (χ2v) is 5.46. The Bertz CT molecular complexity index is 361. The van der Waals surface area contributed by atoms with Crippen molar-refractivity contribution < 1.29 is 5.11 Å². The van der Waals surface area contributed by atoms with Crippen LogP contribution in [-0.4, -0.2) is 40.0 Å². The van der Waals surface area contributed by atoms with Crippen molar-refractivity contribution in [1.82, 2.24) is 15.3 Å². The van der Waals surface area contributed by atoms with Gasteiger partial charge >= 0.3 is 0 Å². The SMILES string of the molecule is CCCNCC(O)CSc1nc(C)c(C)c(C)n1. The average Bonchev–Trinajstić information content (AvgIpc) is 2.33. The molecule has 1 atom stereocenters. The van der Waals surface area contributed by atoms with E-state index in [0.29, 0.717) is 12.3 Å². The zero-order valence-electron chi connectivity index (χ0n) is 11.7. The lowest BCUT2D eigenvalue weighted by molar-refractivity contribution is 0.196. The molecular weight excluding hydrogens is 246 g/mol. The lowest BCUT2D eigenvalue weighted by Gasteiger charge is -2.11. The van der Waals surface area contributed by atoms with Crippen LogP contribution in [0.15, 0.2) is 5.16 Å². The summed E-state index contributed by atoms with van der Waals surface area (Å²) in [5, 5.41) is 13.7. The van der Waals surface area contributed by atoms with Crippen LogP contribution in [0.3, 0.4) is 0 Å². The average molecular weight is 269 g/mol. The van der Waals surface area contributed by atoms with Gasteiger partial charge in [-0.2, -0.15) is 0 Å². The number of hydrogen-bond acceptors (Lipinski definition) is 5. The van der Waals surface area contributed by atoms with E-state index in [2.05, 4.69) is 22.2 Å². The third-order valence-electron chi connectivity index (χ3n) is 2.82. The van der Waals surface area contributed by atoms with Crippen LogP contribution in [0.2, 0.25) is 0 Å². The van der Waals surface area contributed by atoms with Gasteiger partial charge < -0.3 is 10.4 Å². The summed E-state index contributed by atoms with van der Waals surface area (Å²) in [6, 6.07) is 0. The molecular formula is C13H23N3OS. The summed E-state index contributed by atoms with van der Waals surface area (Å²) < 4.78 is 0. The second-order valence-electron chi connectivity index (χ2n) is 4.47. The van der Waals surface area contributed by atoms with Gasteiger partial charge in [0.05, 0.1) is 6.10 Å². The van der Waals surface area contributed by atoms with Gasteiger partial charge in [0.1, 0.15) is 0 Å². The van der Waals surface area contributed by atoms with Crippen molar-refractivity contribution in [3.8, 4) is 0 Å². The van der Waals surface area contributed by atoms with Crippen molar-refractivity contribution >= 4 is 11.8 Å². The molecule has 0 aliphatic carbocycles. The Morgan fingerprint density at radius 1 is 1.22 bits per heavy atom. The van der Waals surface area contributed by atoms with Crippen molar-refractivity contribution in [2.24, 2.45) is 0 Å². The number of thioether (sulfide) groups is 1. The van der Waals surface area contributed by atoms with E-state index in [-0.39, 0.29) is 6.10 Å². The molecule has 4 nitrogen and oxygen atoms in total. The van der Waals surface area contributed by atoms with E-state index < -0.39 is 0 Å². The third kappa shape index (κ3) is 4.92. The van der Waals surface area contributed by atoms with Crippen molar-refractivity contribution in [3.63, 3.8) is 0 Å². The van der Waals surface area contributed by atoms with E-state index in [1.807, 2.05) is 20.8 Å². The molecule has 1 rings (SSSR count).